The molecule has 0 aliphatic carbocycles. The van der Waals surface area contributed by atoms with Crippen LogP contribution in [0.15, 0.2) is 30.2 Å². The number of carbonyl (C=O) groups is 1. The van der Waals surface area contributed by atoms with Crippen LogP contribution in [0.3, 0.4) is 0 Å². The van der Waals surface area contributed by atoms with E-state index in [0.717, 1.165) is 21.4 Å². The molecule has 0 N–H and O–H groups in total. The predicted octanol–water partition coefficient (Wildman–Crippen LogP) is 1.67. The summed E-state index contributed by atoms with van der Waals surface area (Å²) in [6, 6.07) is 1.83. The second-order valence-electron chi connectivity index (χ2n) is 2.81. The van der Waals surface area contributed by atoms with Gasteiger partial charge in [0.25, 0.3) is 5.91 Å². The third kappa shape index (κ3) is 1.76. The monoisotopic (exact) mass is 192 g/mol. The van der Waals surface area contributed by atoms with Crippen LogP contribution in [0.1, 0.15) is 10.4 Å². The molecule has 13 heavy (non-hydrogen) atoms. The maximum atomic E-state index is 11.7. The fourth-order valence-electron chi connectivity index (χ4n) is 1.24. The van der Waals surface area contributed by atoms with Gasteiger partial charge in [-0.3, -0.25) is 4.79 Å². The lowest BCUT2D eigenvalue weighted by Crippen LogP contribution is -2.28. The molecule has 3 nitrogen and oxygen atoms in total. The van der Waals surface area contributed by atoms with Crippen LogP contribution in [0, 0.1) is 0 Å². The lowest BCUT2D eigenvalue weighted by Gasteiger charge is -2.14. The van der Waals surface area contributed by atoms with Crippen LogP contribution < -0.4 is 0 Å². The van der Waals surface area contributed by atoms with Gasteiger partial charge in [-0.05, 0) is 11.9 Å². The van der Waals surface area contributed by atoms with Gasteiger partial charge in [-0.25, -0.2) is 4.75 Å². The molecular formula is C9H9N2OP. The Morgan fingerprint density at radius 3 is 2.85 bits per heavy atom. The number of amides is 1. The maximum absolute atomic E-state index is 11.7. The summed E-state index contributed by atoms with van der Waals surface area (Å²) in [6.07, 6.45) is 5.64. The molecule has 0 atom stereocenters. The van der Waals surface area contributed by atoms with Gasteiger partial charge in [-0.2, -0.15) is 0 Å². The quantitative estimate of drug-likeness (QED) is 0.634. The smallest absolute Gasteiger partial charge is 0.256 e. The summed E-state index contributed by atoms with van der Waals surface area (Å²) in [7, 11) is 0.906. The number of hydrogen-bond donors (Lipinski definition) is 0. The zero-order valence-corrected chi connectivity index (χ0v) is 7.95. The van der Waals surface area contributed by atoms with Crippen LogP contribution >= 0.6 is 8.35 Å². The van der Waals surface area contributed by atoms with Crippen molar-refractivity contribution < 1.29 is 4.79 Å². The van der Waals surface area contributed by atoms with Crippen LogP contribution in [-0.2, 0) is 0 Å². The van der Waals surface area contributed by atoms with Gasteiger partial charge in [0, 0.05) is 27.6 Å². The van der Waals surface area contributed by atoms with E-state index in [1.807, 2.05) is 24.0 Å². The van der Waals surface area contributed by atoms with Gasteiger partial charge in [-0.15, -0.1) is 0 Å². The lowest BCUT2D eigenvalue weighted by molar-refractivity contribution is 0.0800. The van der Waals surface area contributed by atoms with E-state index >= 15 is 0 Å². The Kier molecular flexibility index (Phi) is 2.37. The summed E-state index contributed by atoms with van der Waals surface area (Å²) >= 11 is 0. The van der Waals surface area contributed by atoms with E-state index in [1.54, 1.807) is 11.1 Å². The van der Waals surface area contributed by atoms with Crippen molar-refractivity contribution in [2.24, 2.45) is 0 Å². The molecule has 0 fully saturated rings. The van der Waals surface area contributed by atoms with E-state index in [9.17, 15) is 4.79 Å². The van der Waals surface area contributed by atoms with Crippen molar-refractivity contribution in [1.29, 1.82) is 0 Å². The van der Waals surface area contributed by atoms with Crippen molar-refractivity contribution in [3.63, 3.8) is 0 Å². The first-order chi connectivity index (χ1) is 6.38. The molecule has 1 aliphatic heterocycles. The number of nitrogens with zero attached hydrogens (tertiary/aromatic N) is 2. The van der Waals surface area contributed by atoms with Gasteiger partial charge in [-0.1, -0.05) is 12.2 Å². The van der Waals surface area contributed by atoms with Gasteiger partial charge in [0.2, 0.25) is 0 Å². The van der Waals surface area contributed by atoms with Crippen molar-refractivity contribution in [3.05, 3.63) is 35.8 Å². The fraction of sp³-hybridized carbons (Fsp3) is 0.222. The maximum Gasteiger partial charge on any atom is 0.256 e. The number of hydrogen-bond acceptors (Lipinski definition) is 2. The summed E-state index contributed by atoms with van der Waals surface area (Å²) in [5.41, 5.74) is 0.683. The highest BCUT2D eigenvalue weighted by Gasteiger charge is 2.15. The molecule has 0 saturated heterocycles. The summed E-state index contributed by atoms with van der Waals surface area (Å²) in [5, 5.41) is 0. The van der Waals surface area contributed by atoms with E-state index in [0.29, 0.717) is 5.56 Å². The second kappa shape index (κ2) is 3.67. The summed E-state index contributed by atoms with van der Waals surface area (Å²) in [6.45, 7) is 1.45. The Morgan fingerprint density at radius 1 is 1.46 bits per heavy atom. The SMILES string of the molecule is O=C(c1ccpnc1)N1CC=CC1. The van der Waals surface area contributed by atoms with Crippen LogP contribution in [-0.4, -0.2) is 28.6 Å². The number of rotatable bonds is 1. The molecule has 0 saturated carbocycles. The summed E-state index contributed by atoms with van der Waals surface area (Å²) in [4.78, 5) is 13.5. The van der Waals surface area contributed by atoms with Crippen molar-refractivity contribution in [1.82, 2.24) is 9.65 Å². The van der Waals surface area contributed by atoms with Gasteiger partial charge >= 0.3 is 0 Å². The fourth-order valence-corrected chi connectivity index (χ4v) is 1.74. The minimum Gasteiger partial charge on any atom is -0.331 e. The average molecular weight is 192 g/mol. The van der Waals surface area contributed by atoms with Crippen molar-refractivity contribution in [3.8, 4) is 0 Å². The Hall–Kier alpha value is -1.21. The van der Waals surface area contributed by atoms with Crippen LogP contribution in [0.5, 0.6) is 0 Å². The minimum absolute atomic E-state index is 0.0694. The van der Waals surface area contributed by atoms with E-state index in [2.05, 4.69) is 4.75 Å². The topological polar surface area (TPSA) is 33.2 Å². The molecule has 1 aromatic rings. The Bertz CT molecular complexity index is 329. The Morgan fingerprint density at radius 2 is 2.23 bits per heavy atom. The van der Waals surface area contributed by atoms with Gasteiger partial charge in [0.1, 0.15) is 0 Å². The zero-order chi connectivity index (χ0) is 9.10. The molecule has 0 bridgehead atoms. The lowest BCUT2D eigenvalue weighted by atomic mass is 10.3. The molecule has 0 radical (unpaired) electrons. The second-order valence-corrected chi connectivity index (χ2v) is 3.57. The number of carbonyl (C=O) groups excluding carboxylic acids is 1. The van der Waals surface area contributed by atoms with Crippen molar-refractivity contribution in [2.75, 3.05) is 13.1 Å². The van der Waals surface area contributed by atoms with Crippen LogP contribution in [0.25, 0.3) is 0 Å². The standard InChI is InChI=1S/C9H9N2OP/c12-9(11-4-1-2-5-11)8-3-6-13-10-7-8/h1-3,6-7H,4-5H2. The van der Waals surface area contributed by atoms with Gasteiger partial charge in [0.15, 0.2) is 0 Å². The Labute approximate surface area is 78.3 Å². The highest BCUT2D eigenvalue weighted by atomic mass is 31.0. The van der Waals surface area contributed by atoms with E-state index in [4.69, 9.17) is 0 Å². The normalized spacial score (nSPS) is 15.5. The first kappa shape index (κ1) is 8.39. The molecule has 1 aromatic heterocycles. The van der Waals surface area contributed by atoms with E-state index in [-0.39, 0.29) is 5.91 Å². The summed E-state index contributed by atoms with van der Waals surface area (Å²) in [5.74, 6) is 1.94. The molecule has 1 aliphatic rings. The first-order valence-corrected chi connectivity index (χ1v) is 5.00. The zero-order valence-electron chi connectivity index (χ0n) is 7.05. The molecule has 0 aromatic carbocycles. The molecule has 0 unspecified atom stereocenters. The molecule has 66 valence electrons. The van der Waals surface area contributed by atoms with Crippen molar-refractivity contribution >= 4 is 14.3 Å². The Balaban J connectivity index is 2.14. The third-order valence-corrected chi connectivity index (χ3v) is 2.47. The summed E-state index contributed by atoms with van der Waals surface area (Å²) < 4.78 is 4.01. The third-order valence-electron chi connectivity index (χ3n) is 1.94. The van der Waals surface area contributed by atoms with E-state index in [1.165, 1.54) is 0 Å². The molecule has 2 heterocycles. The van der Waals surface area contributed by atoms with E-state index < -0.39 is 0 Å². The molecular weight excluding hydrogens is 183 g/mol. The highest BCUT2D eigenvalue weighted by Crippen LogP contribution is 2.09. The van der Waals surface area contributed by atoms with Crippen LogP contribution in [0.4, 0.5) is 0 Å². The predicted molar refractivity (Wildman–Crippen MR) is 51.8 cm³/mol. The van der Waals surface area contributed by atoms with Crippen LogP contribution in [0.2, 0.25) is 0 Å². The van der Waals surface area contributed by atoms with Gasteiger partial charge in [0.05, 0.1) is 5.56 Å². The molecule has 4 heteroatoms. The van der Waals surface area contributed by atoms with Gasteiger partial charge < -0.3 is 4.90 Å². The largest absolute Gasteiger partial charge is 0.331 e. The number of aromatic nitrogens is 1. The molecule has 1 amide bonds. The first-order valence-electron chi connectivity index (χ1n) is 4.09. The average Bonchev–Trinajstić information content (AvgIpc) is 2.71. The molecule has 0 spiro atoms. The van der Waals surface area contributed by atoms with Crippen molar-refractivity contribution in [2.45, 2.75) is 0 Å². The highest BCUT2D eigenvalue weighted by molar-refractivity contribution is 7.24. The molecule has 2 rings (SSSR count). The minimum atomic E-state index is 0.0694.